The quantitative estimate of drug-likeness (QED) is 0.833. The standard InChI is InChI=1S/C15H25FN2/c1-6-18(12(4)5)15-9-7-8-14(16)13(15)10-17-11(2)3/h7-9,11-12,17H,6,10H2,1-5H3. The monoisotopic (exact) mass is 252 g/mol. The Bertz CT molecular complexity index is 375. The van der Waals surface area contributed by atoms with E-state index in [4.69, 9.17) is 0 Å². The molecule has 102 valence electrons. The predicted molar refractivity (Wildman–Crippen MR) is 76.5 cm³/mol. The molecule has 0 aliphatic rings. The SMILES string of the molecule is CCN(c1cccc(F)c1CNC(C)C)C(C)C. The summed E-state index contributed by atoms with van der Waals surface area (Å²) in [7, 11) is 0. The van der Waals surface area contributed by atoms with E-state index in [0.717, 1.165) is 17.8 Å². The molecule has 0 saturated heterocycles. The first-order valence-electron chi connectivity index (χ1n) is 6.74. The van der Waals surface area contributed by atoms with Crippen LogP contribution in [0.1, 0.15) is 40.2 Å². The van der Waals surface area contributed by atoms with E-state index in [1.807, 2.05) is 6.07 Å². The molecule has 0 radical (unpaired) electrons. The molecular formula is C15H25FN2. The van der Waals surface area contributed by atoms with Gasteiger partial charge in [0.1, 0.15) is 5.82 Å². The maximum atomic E-state index is 14.0. The molecule has 1 aromatic rings. The lowest BCUT2D eigenvalue weighted by Gasteiger charge is -2.30. The van der Waals surface area contributed by atoms with Crippen molar-refractivity contribution in [1.29, 1.82) is 0 Å². The molecule has 1 aromatic carbocycles. The summed E-state index contributed by atoms with van der Waals surface area (Å²) >= 11 is 0. The minimum Gasteiger partial charge on any atom is -0.369 e. The van der Waals surface area contributed by atoms with Gasteiger partial charge in [0, 0.05) is 36.4 Å². The van der Waals surface area contributed by atoms with Crippen LogP contribution in [-0.4, -0.2) is 18.6 Å². The highest BCUT2D eigenvalue weighted by molar-refractivity contribution is 5.54. The van der Waals surface area contributed by atoms with Crippen molar-refractivity contribution in [3.63, 3.8) is 0 Å². The zero-order valence-corrected chi connectivity index (χ0v) is 12.1. The molecule has 1 N–H and O–H groups in total. The van der Waals surface area contributed by atoms with Crippen molar-refractivity contribution in [1.82, 2.24) is 5.32 Å². The maximum absolute atomic E-state index is 14.0. The number of hydrogen-bond acceptors (Lipinski definition) is 2. The van der Waals surface area contributed by atoms with E-state index < -0.39 is 0 Å². The summed E-state index contributed by atoms with van der Waals surface area (Å²) in [6, 6.07) is 6.05. The summed E-state index contributed by atoms with van der Waals surface area (Å²) in [5.74, 6) is -0.125. The topological polar surface area (TPSA) is 15.3 Å². The lowest BCUT2D eigenvalue weighted by molar-refractivity contribution is 0.550. The minimum absolute atomic E-state index is 0.125. The number of hydrogen-bond donors (Lipinski definition) is 1. The van der Waals surface area contributed by atoms with Crippen molar-refractivity contribution in [3.8, 4) is 0 Å². The smallest absolute Gasteiger partial charge is 0.129 e. The first-order valence-corrected chi connectivity index (χ1v) is 6.74. The molecule has 0 amide bonds. The van der Waals surface area contributed by atoms with Gasteiger partial charge in [-0.3, -0.25) is 0 Å². The number of rotatable bonds is 6. The lowest BCUT2D eigenvalue weighted by atomic mass is 10.1. The van der Waals surface area contributed by atoms with Gasteiger partial charge in [-0.2, -0.15) is 0 Å². The summed E-state index contributed by atoms with van der Waals surface area (Å²) in [5, 5.41) is 3.29. The van der Waals surface area contributed by atoms with E-state index in [1.54, 1.807) is 6.07 Å². The highest BCUT2D eigenvalue weighted by Crippen LogP contribution is 2.25. The largest absolute Gasteiger partial charge is 0.369 e. The molecule has 0 aliphatic heterocycles. The van der Waals surface area contributed by atoms with Crippen molar-refractivity contribution in [2.45, 2.75) is 53.2 Å². The van der Waals surface area contributed by atoms with Crippen molar-refractivity contribution in [3.05, 3.63) is 29.6 Å². The van der Waals surface area contributed by atoms with E-state index in [0.29, 0.717) is 18.6 Å². The van der Waals surface area contributed by atoms with Crippen LogP contribution in [0.4, 0.5) is 10.1 Å². The van der Waals surface area contributed by atoms with Gasteiger partial charge in [0.15, 0.2) is 0 Å². The average molecular weight is 252 g/mol. The lowest BCUT2D eigenvalue weighted by Crippen LogP contribution is -2.32. The second-order valence-corrected chi connectivity index (χ2v) is 5.15. The third-order valence-corrected chi connectivity index (χ3v) is 3.05. The number of anilines is 1. The van der Waals surface area contributed by atoms with Crippen molar-refractivity contribution in [2.75, 3.05) is 11.4 Å². The third-order valence-electron chi connectivity index (χ3n) is 3.05. The van der Waals surface area contributed by atoms with Crippen LogP contribution in [0.25, 0.3) is 0 Å². The van der Waals surface area contributed by atoms with E-state index in [9.17, 15) is 4.39 Å². The van der Waals surface area contributed by atoms with Gasteiger partial charge in [0.05, 0.1) is 0 Å². The number of halogens is 1. The fourth-order valence-electron chi connectivity index (χ4n) is 2.11. The van der Waals surface area contributed by atoms with E-state index in [2.05, 4.69) is 44.8 Å². The van der Waals surface area contributed by atoms with Gasteiger partial charge in [-0.15, -0.1) is 0 Å². The Hall–Kier alpha value is -1.09. The number of benzene rings is 1. The molecule has 0 saturated carbocycles. The maximum Gasteiger partial charge on any atom is 0.129 e. The first-order chi connectivity index (χ1) is 8.47. The Morgan fingerprint density at radius 3 is 2.39 bits per heavy atom. The van der Waals surface area contributed by atoms with Gasteiger partial charge in [-0.1, -0.05) is 19.9 Å². The molecule has 2 nitrogen and oxygen atoms in total. The second-order valence-electron chi connectivity index (χ2n) is 5.15. The van der Waals surface area contributed by atoms with Crippen LogP contribution in [-0.2, 0) is 6.54 Å². The molecule has 0 aliphatic carbocycles. The Kier molecular flexibility index (Phi) is 5.60. The van der Waals surface area contributed by atoms with Crippen LogP contribution in [0, 0.1) is 5.82 Å². The fourth-order valence-corrected chi connectivity index (χ4v) is 2.11. The molecule has 0 spiro atoms. The molecular weight excluding hydrogens is 227 g/mol. The van der Waals surface area contributed by atoms with Gasteiger partial charge >= 0.3 is 0 Å². The van der Waals surface area contributed by atoms with Crippen LogP contribution < -0.4 is 10.2 Å². The zero-order valence-electron chi connectivity index (χ0n) is 12.1. The molecule has 0 unspecified atom stereocenters. The molecule has 18 heavy (non-hydrogen) atoms. The molecule has 0 aromatic heterocycles. The Morgan fingerprint density at radius 1 is 1.22 bits per heavy atom. The average Bonchev–Trinajstić information content (AvgIpc) is 2.28. The number of nitrogens with zero attached hydrogens (tertiary/aromatic N) is 1. The molecule has 0 atom stereocenters. The fraction of sp³-hybridized carbons (Fsp3) is 0.600. The van der Waals surface area contributed by atoms with E-state index in [1.165, 1.54) is 6.07 Å². The van der Waals surface area contributed by atoms with Crippen molar-refractivity contribution < 1.29 is 4.39 Å². The highest BCUT2D eigenvalue weighted by Gasteiger charge is 2.15. The van der Waals surface area contributed by atoms with Crippen molar-refractivity contribution >= 4 is 5.69 Å². The van der Waals surface area contributed by atoms with E-state index >= 15 is 0 Å². The first kappa shape index (κ1) is 15.0. The normalized spacial score (nSPS) is 11.3. The van der Waals surface area contributed by atoms with Crippen LogP contribution in [0.15, 0.2) is 18.2 Å². The van der Waals surface area contributed by atoms with Crippen molar-refractivity contribution in [2.24, 2.45) is 0 Å². The predicted octanol–water partition coefficient (Wildman–Crippen LogP) is 3.56. The Balaban J connectivity index is 3.06. The molecule has 0 fully saturated rings. The molecule has 1 rings (SSSR count). The van der Waals surface area contributed by atoms with E-state index in [-0.39, 0.29) is 5.82 Å². The third kappa shape index (κ3) is 3.70. The van der Waals surface area contributed by atoms with Gasteiger partial charge < -0.3 is 10.2 Å². The summed E-state index contributed by atoms with van der Waals surface area (Å²) in [6.45, 7) is 12.0. The summed E-state index contributed by atoms with van der Waals surface area (Å²) < 4.78 is 14.0. The highest BCUT2D eigenvalue weighted by atomic mass is 19.1. The van der Waals surface area contributed by atoms with Crippen LogP contribution in [0.3, 0.4) is 0 Å². The van der Waals surface area contributed by atoms with Gasteiger partial charge in [0.25, 0.3) is 0 Å². The summed E-state index contributed by atoms with van der Waals surface area (Å²) in [6.07, 6.45) is 0. The minimum atomic E-state index is -0.125. The Morgan fingerprint density at radius 2 is 1.89 bits per heavy atom. The van der Waals surface area contributed by atoms with Gasteiger partial charge in [0.2, 0.25) is 0 Å². The molecule has 3 heteroatoms. The van der Waals surface area contributed by atoms with Gasteiger partial charge in [-0.25, -0.2) is 4.39 Å². The number of nitrogens with one attached hydrogen (secondary N) is 1. The van der Waals surface area contributed by atoms with Crippen LogP contribution in [0.5, 0.6) is 0 Å². The summed E-state index contributed by atoms with van der Waals surface area (Å²) in [5.41, 5.74) is 1.77. The molecule has 0 bridgehead atoms. The summed E-state index contributed by atoms with van der Waals surface area (Å²) in [4.78, 5) is 2.22. The zero-order chi connectivity index (χ0) is 13.7. The Labute approximate surface area is 110 Å². The van der Waals surface area contributed by atoms with Crippen LogP contribution >= 0.6 is 0 Å². The second kappa shape index (κ2) is 6.74. The van der Waals surface area contributed by atoms with Gasteiger partial charge in [-0.05, 0) is 32.9 Å². The molecule has 0 heterocycles. The van der Waals surface area contributed by atoms with Crippen LogP contribution in [0.2, 0.25) is 0 Å².